The van der Waals surface area contributed by atoms with Crippen molar-refractivity contribution in [2.45, 2.75) is 23.3 Å². The fraction of sp³-hybridized carbons (Fsp3) is 0.250. The van der Waals surface area contributed by atoms with Gasteiger partial charge in [0.05, 0.1) is 35.6 Å². The van der Waals surface area contributed by atoms with Crippen molar-refractivity contribution in [2.24, 2.45) is 0 Å². The Labute approximate surface area is 212 Å². The van der Waals surface area contributed by atoms with Crippen LogP contribution in [0.15, 0.2) is 60.0 Å². The monoisotopic (exact) mass is 541 g/mol. The highest BCUT2D eigenvalue weighted by Crippen LogP contribution is 2.42. The average molecular weight is 544 g/mol. The first-order valence-corrected chi connectivity index (χ1v) is 11.0. The van der Waals surface area contributed by atoms with Crippen molar-refractivity contribution in [3.63, 3.8) is 0 Å². The van der Waals surface area contributed by atoms with Gasteiger partial charge in [0.25, 0.3) is 0 Å². The zero-order chi connectivity index (χ0) is 20.4. The van der Waals surface area contributed by atoms with E-state index in [4.69, 9.17) is 50.0 Å². The molecule has 1 aromatic heterocycles. The van der Waals surface area contributed by atoms with Gasteiger partial charge >= 0.3 is 0 Å². The van der Waals surface area contributed by atoms with Gasteiger partial charge in [-0.1, -0.05) is 40.9 Å². The molecule has 2 aromatic carbocycles. The molecule has 1 aliphatic rings. The van der Waals surface area contributed by atoms with Crippen molar-refractivity contribution in [3.8, 4) is 0 Å². The number of halogens is 5. The molecule has 4 rings (SSSR count). The number of nitrogen functional groups attached to an aromatic ring is 1. The van der Waals surface area contributed by atoms with Crippen LogP contribution in [0.4, 0.5) is 5.69 Å². The number of rotatable bonds is 6. The van der Waals surface area contributed by atoms with E-state index in [9.17, 15) is 0 Å². The molecule has 5 nitrogen and oxygen atoms in total. The number of thioether (sulfide) groups is 1. The topological polar surface area (TPSA) is 62.3 Å². The van der Waals surface area contributed by atoms with Crippen LogP contribution >= 0.6 is 71.4 Å². The summed E-state index contributed by atoms with van der Waals surface area (Å²) in [7, 11) is 0. The Balaban J connectivity index is 0.00000171. The lowest BCUT2D eigenvalue weighted by molar-refractivity contribution is -0.184. The van der Waals surface area contributed by atoms with Crippen molar-refractivity contribution in [1.82, 2.24) is 9.55 Å². The highest BCUT2D eigenvalue weighted by Gasteiger charge is 2.45. The summed E-state index contributed by atoms with van der Waals surface area (Å²) in [6, 6.07) is 10.8. The van der Waals surface area contributed by atoms with Gasteiger partial charge in [0.2, 0.25) is 5.79 Å². The van der Waals surface area contributed by atoms with Crippen LogP contribution in [0.3, 0.4) is 0 Å². The summed E-state index contributed by atoms with van der Waals surface area (Å²) >= 11 is 20.5. The van der Waals surface area contributed by atoms with E-state index in [1.165, 1.54) is 0 Å². The number of nitrogens with zero attached hydrogens (tertiary/aromatic N) is 2. The Morgan fingerprint density at radius 1 is 1.13 bits per heavy atom. The van der Waals surface area contributed by atoms with Crippen molar-refractivity contribution in [3.05, 3.63) is 75.8 Å². The van der Waals surface area contributed by atoms with Crippen LogP contribution in [-0.2, 0) is 21.8 Å². The number of aromatic nitrogens is 2. The lowest BCUT2D eigenvalue weighted by Gasteiger charge is -2.30. The van der Waals surface area contributed by atoms with E-state index in [0.717, 1.165) is 10.5 Å². The van der Waals surface area contributed by atoms with Gasteiger partial charge in [0.15, 0.2) is 0 Å². The molecular weight excluding hydrogens is 524 g/mol. The minimum Gasteiger partial charge on any atom is -0.399 e. The molecule has 168 valence electrons. The van der Waals surface area contributed by atoms with E-state index in [1.807, 2.05) is 29.0 Å². The number of benzene rings is 2. The number of imidazole rings is 1. The van der Waals surface area contributed by atoms with Crippen molar-refractivity contribution < 1.29 is 9.47 Å². The predicted molar refractivity (Wildman–Crippen MR) is 132 cm³/mol. The van der Waals surface area contributed by atoms with E-state index < -0.39 is 5.79 Å². The number of anilines is 1. The van der Waals surface area contributed by atoms with Gasteiger partial charge in [-0.15, -0.1) is 36.6 Å². The third-order valence-corrected chi connectivity index (χ3v) is 6.71. The highest BCUT2D eigenvalue weighted by atomic mass is 35.5. The van der Waals surface area contributed by atoms with E-state index >= 15 is 0 Å². The standard InChI is InChI=1S/C20H18Cl3N3O2S.2ClH/c21-13-1-3-16(17(22)7-13)20(11-26-6-5-25-12-26)27-9-15(28-20)10-29-19-4-2-14(24)8-18(19)23;;/h1-8,12,15H,9-11,24H2;2*1H/t15-,20+;;/m0../s1. The zero-order valence-corrected chi connectivity index (χ0v) is 20.8. The molecule has 0 saturated carbocycles. The molecule has 0 radical (unpaired) electrons. The molecule has 3 aromatic rings. The zero-order valence-electron chi connectivity index (χ0n) is 16.0. The average Bonchev–Trinajstić information content (AvgIpc) is 3.32. The predicted octanol–water partition coefficient (Wildman–Crippen LogP) is 6.33. The molecule has 2 heterocycles. The molecule has 0 amide bonds. The van der Waals surface area contributed by atoms with Crippen LogP contribution in [0, 0.1) is 0 Å². The number of hydrogen-bond donors (Lipinski definition) is 1. The second kappa shape index (κ2) is 11.3. The molecule has 0 bridgehead atoms. The van der Waals surface area contributed by atoms with E-state index in [-0.39, 0.29) is 30.9 Å². The maximum Gasteiger partial charge on any atom is 0.215 e. The quantitative estimate of drug-likeness (QED) is 0.291. The van der Waals surface area contributed by atoms with Crippen LogP contribution in [0.5, 0.6) is 0 Å². The Bertz CT molecular complexity index is 1010. The Morgan fingerprint density at radius 2 is 1.94 bits per heavy atom. The smallest absolute Gasteiger partial charge is 0.215 e. The van der Waals surface area contributed by atoms with Gasteiger partial charge in [-0.2, -0.15) is 0 Å². The first-order valence-electron chi connectivity index (χ1n) is 8.86. The molecular formula is C20H20Cl5N3O2S. The largest absolute Gasteiger partial charge is 0.399 e. The summed E-state index contributed by atoms with van der Waals surface area (Å²) in [6.07, 6.45) is 5.13. The van der Waals surface area contributed by atoms with Gasteiger partial charge in [0, 0.05) is 39.3 Å². The highest BCUT2D eigenvalue weighted by molar-refractivity contribution is 7.99. The Kier molecular flexibility index (Phi) is 9.67. The summed E-state index contributed by atoms with van der Waals surface area (Å²) in [5.74, 6) is -0.362. The molecule has 31 heavy (non-hydrogen) atoms. The fourth-order valence-corrected chi connectivity index (χ4v) is 4.99. The maximum atomic E-state index is 6.49. The van der Waals surface area contributed by atoms with Crippen LogP contribution in [0.25, 0.3) is 0 Å². The van der Waals surface area contributed by atoms with Crippen LogP contribution < -0.4 is 5.73 Å². The first-order chi connectivity index (χ1) is 13.9. The molecule has 11 heteroatoms. The van der Waals surface area contributed by atoms with Crippen LogP contribution in [-0.4, -0.2) is 28.0 Å². The molecule has 1 saturated heterocycles. The molecule has 1 fully saturated rings. The van der Waals surface area contributed by atoms with Gasteiger partial charge in [-0.3, -0.25) is 0 Å². The Hall–Kier alpha value is -0.830. The molecule has 2 atom stereocenters. The maximum absolute atomic E-state index is 6.49. The molecule has 2 N–H and O–H groups in total. The minimum absolute atomic E-state index is 0. The van der Waals surface area contributed by atoms with Crippen molar-refractivity contribution >= 4 is 77.1 Å². The van der Waals surface area contributed by atoms with Crippen LogP contribution in [0.2, 0.25) is 15.1 Å². The molecule has 0 aliphatic carbocycles. The lowest BCUT2D eigenvalue weighted by Crippen LogP contribution is -2.34. The van der Waals surface area contributed by atoms with Crippen molar-refractivity contribution in [2.75, 3.05) is 18.1 Å². The second-order valence-corrected chi connectivity index (χ2v) is 8.98. The van der Waals surface area contributed by atoms with Gasteiger partial charge < -0.3 is 19.8 Å². The summed E-state index contributed by atoms with van der Waals surface area (Å²) in [5.41, 5.74) is 7.13. The first kappa shape index (κ1) is 26.4. The fourth-order valence-electron chi connectivity index (χ4n) is 3.19. The summed E-state index contributed by atoms with van der Waals surface area (Å²) < 4.78 is 14.5. The van der Waals surface area contributed by atoms with E-state index in [1.54, 1.807) is 42.5 Å². The number of hydrogen-bond acceptors (Lipinski definition) is 5. The van der Waals surface area contributed by atoms with Crippen molar-refractivity contribution in [1.29, 1.82) is 0 Å². The number of ether oxygens (including phenoxy) is 2. The van der Waals surface area contributed by atoms with E-state index in [2.05, 4.69) is 4.98 Å². The van der Waals surface area contributed by atoms with Gasteiger partial charge in [-0.05, 0) is 30.3 Å². The summed E-state index contributed by atoms with van der Waals surface area (Å²) in [5, 5.41) is 1.67. The van der Waals surface area contributed by atoms with E-state index in [0.29, 0.717) is 39.7 Å². The van der Waals surface area contributed by atoms with Crippen LogP contribution in [0.1, 0.15) is 5.56 Å². The minimum atomic E-state index is -1.03. The summed E-state index contributed by atoms with van der Waals surface area (Å²) in [4.78, 5) is 5.05. The second-order valence-electron chi connectivity index (χ2n) is 6.66. The third kappa shape index (κ3) is 6.15. The number of nitrogens with two attached hydrogens (primary N) is 1. The van der Waals surface area contributed by atoms with Gasteiger partial charge in [-0.25, -0.2) is 4.98 Å². The molecule has 0 unspecified atom stereocenters. The SMILES string of the molecule is Cl.Cl.Nc1ccc(SC[C@@H]2CO[C@@](Cn3ccnc3)(c3ccc(Cl)cc3Cl)O2)c(Cl)c1. The third-order valence-electron chi connectivity index (χ3n) is 4.53. The van der Waals surface area contributed by atoms with Gasteiger partial charge in [0.1, 0.15) is 0 Å². The normalized spacial score (nSPS) is 20.2. The molecule has 1 aliphatic heterocycles. The molecule has 0 spiro atoms. The lowest BCUT2D eigenvalue weighted by atomic mass is 10.1. The Morgan fingerprint density at radius 3 is 2.61 bits per heavy atom. The summed E-state index contributed by atoms with van der Waals surface area (Å²) in [6.45, 7) is 0.839.